The number of hydrogen-bond acceptors (Lipinski definition) is 6. The number of fused-ring (bicyclic) bond motifs is 1. The number of hydrogen-bond donors (Lipinski definition) is 0. The molecule has 1 aromatic heterocycles. The van der Waals surface area contributed by atoms with Gasteiger partial charge in [-0.3, -0.25) is 9.78 Å². The van der Waals surface area contributed by atoms with Gasteiger partial charge in [0.15, 0.2) is 0 Å². The van der Waals surface area contributed by atoms with Crippen LogP contribution in [0.5, 0.6) is 0 Å². The van der Waals surface area contributed by atoms with Crippen LogP contribution in [0.25, 0.3) is 6.08 Å². The van der Waals surface area contributed by atoms with E-state index in [4.69, 9.17) is 0 Å². The zero-order chi connectivity index (χ0) is 16.6. The summed E-state index contributed by atoms with van der Waals surface area (Å²) in [5.41, 5.74) is 0.388. The van der Waals surface area contributed by atoms with E-state index in [2.05, 4.69) is 15.0 Å². The topological polar surface area (TPSA) is 94.9 Å². The quantitative estimate of drug-likeness (QED) is 0.190. The van der Waals surface area contributed by atoms with Crippen molar-refractivity contribution >= 4 is 24.2 Å². The number of aromatic nitrogens is 1. The fourth-order valence-electron chi connectivity index (χ4n) is 3.33. The standard InChI is InChI=1S/C16H17N3O4.Na/c1-16(9-18-23-2)8-12-11(7-10-5-3-4-6-17-10)14(20)19(12)13(16)15(21)22;/h3-7,9,12-13H,8H2,1-2H3,(H,21,22);/q;+1/p-1/b11-7+,18-9+;/t12?,13-,16-;/m0./s1. The van der Waals surface area contributed by atoms with Crippen molar-refractivity contribution in [3.63, 3.8) is 0 Å². The molecule has 0 aromatic carbocycles. The Hall–Kier alpha value is -1.70. The van der Waals surface area contributed by atoms with E-state index < -0.39 is 17.4 Å². The zero-order valence-electron chi connectivity index (χ0n) is 13.8. The minimum atomic E-state index is -1.29. The van der Waals surface area contributed by atoms with Gasteiger partial charge in [0.05, 0.1) is 30.0 Å². The molecule has 0 saturated carbocycles. The second-order valence-corrected chi connectivity index (χ2v) is 5.93. The molecule has 3 atom stereocenters. The minimum Gasteiger partial charge on any atom is -0.548 e. The van der Waals surface area contributed by atoms with Gasteiger partial charge in [0.2, 0.25) is 0 Å². The first-order valence-electron chi connectivity index (χ1n) is 7.22. The number of carboxylic acid groups (broad SMARTS) is 1. The molecule has 0 aliphatic carbocycles. The van der Waals surface area contributed by atoms with Gasteiger partial charge in [0.25, 0.3) is 5.91 Å². The van der Waals surface area contributed by atoms with Crippen molar-refractivity contribution in [2.45, 2.75) is 25.4 Å². The Bertz CT molecular complexity index is 707. The molecule has 120 valence electrons. The third-order valence-corrected chi connectivity index (χ3v) is 4.38. The molecule has 1 aromatic rings. The van der Waals surface area contributed by atoms with Crippen LogP contribution >= 0.6 is 0 Å². The first-order chi connectivity index (χ1) is 11.0. The summed E-state index contributed by atoms with van der Waals surface area (Å²) in [4.78, 5) is 34.1. The van der Waals surface area contributed by atoms with Crippen LogP contribution in [0.1, 0.15) is 19.0 Å². The zero-order valence-corrected chi connectivity index (χ0v) is 15.8. The van der Waals surface area contributed by atoms with Crippen molar-refractivity contribution in [3.8, 4) is 0 Å². The van der Waals surface area contributed by atoms with Crippen molar-refractivity contribution in [2.24, 2.45) is 10.6 Å². The van der Waals surface area contributed by atoms with Crippen LogP contribution in [0.3, 0.4) is 0 Å². The van der Waals surface area contributed by atoms with Gasteiger partial charge in [-0.05, 0) is 24.6 Å². The number of pyridine rings is 1. The molecular weight excluding hydrogens is 321 g/mol. The third kappa shape index (κ3) is 2.99. The van der Waals surface area contributed by atoms with E-state index in [1.807, 2.05) is 6.07 Å². The van der Waals surface area contributed by atoms with Gasteiger partial charge >= 0.3 is 29.6 Å². The SMILES string of the molecule is CO/N=C/[C@]1(C)CC2/C(=C\c3ccccn3)C(=O)N2[C@H]1C(=O)[O-].[Na+]. The molecule has 0 radical (unpaired) electrons. The smallest absolute Gasteiger partial charge is 0.548 e. The van der Waals surface area contributed by atoms with Crippen LogP contribution in [0.4, 0.5) is 0 Å². The number of aliphatic carboxylic acids is 1. The molecule has 3 heterocycles. The molecule has 3 rings (SSSR count). The van der Waals surface area contributed by atoms with E-state index >= 15 is 0 Å². The van der Waals surface area contributed by atoms with Gasteiger partial charge in [-0.1, -0.05) is 18.1 Å². The van der Waals surface area contributed by atoms with Gasteiger partial charge in [-0.2, -0.15) is 0 Å². The third-order valence-electron chi connectivity index (χ3n) is 4.38. The maximum absolute atomic E-state index is 12.4. The van der Waals surface area contributed by atoms with E-state index in [-0.39, 0.29) is 41.5 Å². The average molecular weight is 337 g/mol. The molecule has 1 unspecified atom stereocenters. The van der Waals surface area contributed by atoms with Crippen LogP contribution in [0.2, 0.25) is 0 Å². The predicted octanol–water partition coefficient (Wildman–Crippen LogP) is -3.16. The van der Waals surface area contributed by atoms with Crippen LogP contribution in [-0.2, 0) is 14.4 Å². The molecule has 0 spiro atoms. The molecular formula is C16H16N3NaO4. The first-order valence-corrected chi connectivity index (χ1v) is 7.22. The van der Waals surface area contributed by atoms with Crippen molar-refractivity contribution in [3.05, 3.63) is 35.7 Å². The summed E-state index contributed by atoms with van der Waals surface area (Å²) in [7, 11) is 1.38. The van der Waals surface area contributed by atoms with Crippen LogP contribution < -0.4 is 34.7 Å². The number of nitrogens with zero attached hydrogens (tertiary/aromatic N) is 3. The molecule has 2 saturated heterocycles. The number of carboxylic acids is 1. The normalized spacial score (nSPS) is 30.0. The fourth-order valence-corrected chi connectivity index (χ4v) is 3.33. The molecule has 2 aliphatic rings. The number of carbonyl (C=O) groups excluding carboxylic acids is 2. The molecule has 8 heteroatoms. The van der Waals surface area contributed by atoms with Crippen molar-refractivity contribution in [2.75, 3.05) is 7.11 Å². The number of amides is 1. The van der Waals surface area contributed by atoms with Crippen molar-refractivity contribution in [1.82, 2.24) is 9.88 Å². The van der Waals surface area contributed by atoms with E-state index in [0.29, 0.717) is 17.7 Å². The molecule has 0 bridgehead atoms. The Morgan fingerprint density at radius 3 is 2.88 bits per heavy atom. The molecule has 7 nitrogen and oxygen atoms in total. The monoisotopic (exact) mass is 337 g/mol. The molecule has 1 amide bonds. The Morgan fingerprint density at radius 2 is 2.29 bits per heavy atom. The second kappa shape index (κ2) is 7.04. The molecule has 2 aliphatic heterocycles. The van der Waals surface area contributed by atoms with Gasteiger partial charge in [-0.25, -0.2) is 0 Å². The molecule has 24 heavy (non-hydrogen) atoms. The Morgan fingerprint density at radius 1 is 1.54 bits per heavy atom. The number of β-lactam (4-membered cyclic amide) rings is 1. The van der Waals surface area contributed by atoms with E-state index in [0.717, 1.165) is 0 Å². The number of rotatable bonds is 4. The van der Waals surface area contributed by atoms with Gasteiger partial charge in [0.1, 0.15) is 7.11 Å². The number of carbonyl (C=O) groups is 2. The molecule has 0 N–H and O–H groups in total. The second-order valence-electron chi connectivity index (χ2n) is 5.93. The van der Waals surface area contributed by atoms with Crippen LogP contribution in [0.15, 0.2) is 35.1 Å². The first kappa shape index (κ1) is 18.6. The van der Waals surface area contributed by atoms with E-state index in [1.54, 1.807) is 31.3 Å². The van der Waals surface area contributed by atoms with Crippen LogP contribution in [0, 0.1) is 5.41 Å². The van der Waals surface area contributed by atoms with E-state index in [9.17, 15) is 14.7 Å². The Labute approximate surface area is 161 Å². The predicted molar refractivity (Wildman–Crippen MR) is 79.9 cm³/mol. The van der Waals surface area contributed by atoms with Gasteiger partial charge in [-0.15, -0.1) is 0 Å². The summed E-state index contributed by atoms with van der Waals surface area (Å²) in [6, 6.07) is 4.07. The Balaban J connectivity index is 0.00000208. The van der Waals surface area contributed by atoms with Gasteiger partial charge in [0, 0.05) is 17.2 Å². The maximum atomic E-state index is 12.4. The van der Waals surface area contributed by atoms with Crippen molar-refractivity contribution < 1.29 is 49.1 Å². The largest absolute Gasteiger partial charge is 1.00 e. The summed E-state index contributed by atoms with van der Waals surface area (Å²) in [6.45, 7) is 1.74. The van der Waals surface area contributed by atoms with E-state index in [1.165, 1.54) is 18.2 Å². The summed E-state index contributed by atoms with van der Waals surface area (Å²) in [6.07, 6.45) is 5.23. The van der Waals surface area contributed by atoms with Crippen LogP contribution in [-0.4, -0.2) is 47.2 Å². The average Bonchev–Trinajstić information content (AvgIpc) is 2.82. The Kier molecular flexibility index (Phi) is 5.47. The fraction of sp³-hybridized carbons (Fsp3) is 0.375. The molecule has 2 fully saturated rings. The minimum absolute atomic E-state index is 0. The summed E-state index contributed by atoms with van der Waals surface area (Å²) in [5, 5.41) is 15.2. The summed E-state index contributed by atoms with van der Waals surface area (Å²) >= 11 is 0. The summed E-state index contributed by atoms with van der Waals surface area (Å²) < 4.78 is 0. The van der Waals surface area contributed by atoms with Crippen molar-refractivity contribution in [1.29, 1.82) is 0 Å². The van der Waals surface area contributed by atoms with Gasteiger partial charge < -0.3 is 19.6 Å². The maximum Gasteiger partial charge on any atom is 1.00 e. The number of oxime groups is 1. The summed E-state index contributed by atoms with van der Waals surface area (Å²) in [5.74, 6) is -1.59.